The molecule has 0 saturated carbocycles. The van der Waals surface area contributed by atoms with Crippen LogP contribution in [0.4, 0.5) is 0 Å². The molecule has 0 amide bonds. The zero-order valence-corrected chi connectivity index (χ0v) is 9.73. The van der Waals surface area contributed by atoms with Crippen molar-refractivity contribution in [3.05, 3.63) is 40.8 Å². The predicted octanol–water partition coefficient (Wildman–Crippen LogP) is 2.66. The van der Waals surface area contributed by atoms with Crippen molar-refractivity contribution in [1.29, 1.82) is 0 Å². The van der Waals surface area contributed by atoms with Crippen molar-refractivity contribution in [3.63, 3.8) is 0 Å². The van der Waals surface area contributed by atoms with Gasteiger partial charge in [0.05, 0.1) is 12.0 Å². The van der Waals surface area contributed by atoms with Crippen LogP contribution in [0.2, 0.25) is 0 Å². The van der Waals surface area contributed by atoms with E-state index in [2.05, 4.69) is 20.9 Å². The lowest BCUT2D eigenvalue weighted by atomic mass is 10.1. The van der Waals surface area contributed by atoms with Crippen LogP contribution in [0.15, 0.2) is 35.1 Å². The van der Waals surface area contributed by atoms with Gasteiger partial charge in [-0.05, 0) is 12.1 Å². The van der Waals surface area contributed by atoms with Crippen LogP contribution in [-0.4, -0.2) is 15.8 Å². The largest absolute Gasteiger partial charge is 0.331 e. The molecule has 0 N–H and O–H groups in total. The fraction of sp³-hybridized carbons (Fsp3) is 0.0909. The first-order valence-corrected chi connectivity index (χ1v) is 5.24. The summed E-state index contributed by atoms with van der Waals surface area (Å²) in [4.78, 5) is 15.1. The van der Waals surface area contributed by atoms with Crippen LogP contribution < -0.4 is 0 Å². The second kappa shape index (κ2) is 3.98. The molecule has 0 bridgehead atoms. The number of aromatic nitrogens is 2. The van der Waals surface area contributed by atoms with E-state index in [0.29, 0.717) is 5.69 Å². The Labute approximate surface area is 95.9 Å². The maximum atomic E-state index is 10.9. The van der Waals surface area contributed by atoms with Crippen molar-refractivity contribution >= 4 is 22.2 Å². The highest BCUT2D eigenvalue weighted by Crippen LogP contribution is 2.22. The summed E-state index contributed by atoms with van der Waals surface area (Å²) >= 11 is 3.36. The summed E-state index contributed by atoms with van der Waals surface area (Å²) in [6, 6.07) is 7.72. The van der Waals surface area contributed by atoms with Crippen LogP contribution in [0.5, 0.6) is 0 Å². The molecule has 2 rings (SSSR count). The summed E-state index contributed by atoms with van der Waals surface area (Å²) in [5, 5.41) is 0. The normalized spacial score (nSPS) is 10.3. The molecule has 1 aromatic carbocycles. The van der Waals surface area contributed by atoms with Crippen molar-refractivity contribution in [2.24, 2.45) is 7.05 Å². The van der Waals surface area contributed by atoms with Crippen LogP contribution in [0.1, 0.15) is 10.5 Å². The summed E-state index contributed by atoms with van der Waals surface area (Å²) in [7, 11) is 1.80. The minimum Gasteiger partial charge on any atom is -0.331 e. The van der Waals surface area contributed by atoms with Gasteiger partial charge in [-0.25, -0.2) is 4.98 Å². The molecule has 3 nitrogen and oxygen atoms in total. The van der Waals surface area contributed by atoms with E-state index in [1.54, 1.807) is 17.9 Å². The molecule has 1 heterocycles. The first-order chi connectivity index (χ1) is 7.22. The number of hydrogen-bond acceptors (Lipinski definition) is 2. The molecule has 0 spiro atoms. The molecule has 0 fully saturated rings. The number of halogens is 1. The van der Waals surface area contributed by atoms with Gasteiger partial charge in [0.1, 0.15) is 5.69 Å². The van der Waals surface area contributed by atoms with Crippen molar-refractivity contribution in [1.82, 2.24) is 9.55 Å². The van der Waals surface area contributed by atoms with E-state index < -0.39 is 0 Å². The Balaban J connectivity index is 2.53. The topological polar surface area (TPSA) is 34.9 Å². The van der Waals surface area contributed by atoms with Crippen LogP contribution in [0, 0.1) is 0 Å². The summed E-state index contributed by atoms with van der Waals surface area (Å²) in [6.45, 7) is 0. The zero-order valence-electron chi connectivity index (χ0n) is 8.14. The molecule has 0 atom stereocenters. The number of hydrogen-bond donors (Lipinski definition) is 0. The summed E-state index contributed by atoms with van der Waals surface area (Å²) in [6.07, 6.45) is 2.46. The number of imidazole rings is 1. The van der Waals surface area contributed by atoms with E-state index in [0.717, 1.165) is 22.0 Å². The van der Waals surface area contributed by atoms with E-state index in [4.69, 9.17) is 0 Å². The number of benzene rings is 1. The third-order valence-electron chi connectivity index (χ3n) is 2.21. The highest BCUT2D eigenvalue weighted by atomic mass is 79.9. The van der Waals surface area contributed by atoms with Gasteiger partial charge in [0, 0.05) is 17.1 Å². The van der Waals surface area contributed by atoms with Crippen molar-refractivity contribution in [2.45, 2.75) is 0 Å². The second-order valence-corrected chi connectivity index (χ2v) is 4.13. The van der Waals surface area contributed by atoms with Gasteiger partial charge in [-0.15, -0.1) is 0 Å². The Bertz CT molecular complexity index is 488. The molecule has 2 aromatic rings. The van der Waals surface area contributed by atoms with Crippen LogP contribution in [0.3, 0.4) is 0 Å². The SMILES string of the molecule is Cn1cnc(-c2ccc(Br)cc2)c1C=O. The Morgan fingerprint density at radius 2 is 2.00 bits per heavy atom. The molecule has 0 unspecified atom stereocenters. The standard InChI is InChI=1S/C11H9BrN2O/c1-14-7-13-11(10(14)6-15)8-2-4-9(12)5-3-8/h2-7H,1H3. The predicted molar refractivity (Wildman–Crippen MR) is 61.7 cm³/mol. The van der Waals surface area contributed by atoms with E-state index in [1.807, 2.05) is 24.3 Å². The summed E-state index contributed by atoms with van der Waals surface area (Å²) in [5.41, 5.74) is 2.26. The summed E-state index contributed by atoms with van der Waals surface area (Å²) in [5.74, 6) is 0. The van der Waals surface area contributed by atoms with E-state index >= 15 is 0 Å². The molecule has 0 radical (unpaired) electrons. The Morgan fingerprint density at radius 3 is 2.60 bits per heavy atom. The minimum absolute atomic E-state index is 0.595. The van der Waals surface area contributed by atoms with Gasteiger partial charge in [-0.2, -0.15) is 0 Å². The third kappa shape index (κ3) is 1.85. The fourth-order valence-corrected chi connectivity index (χ4v) is 1.67. The molecule has 0 aliphatic carbocycles. The number of carbonyl (C=O) groups is 1. The number of aryl methyl sites for hydroxylation is 1. The lowest BCUT2D eigenvalue weighted by Gasteiger charge is -1.99. The number of aldehydes is 1. The quantitative estimate of drug-likeness (QED) is 0.782. The molecule has 1 aromatic heterocycles. The van der Waals surface area contributed by atoms with Crippen LogP contribution in [0.25, 0.3) is 11.3 Å². The number of carbonyl (C=O) groups excluding carboxylic acids is 1. The second-order valence-electron chi connectivity index (χ2n) is 3.21. The molecule has 0 aliphatic rings. The Morgan fingerprint density at radius 1 is 1.33 bits per heavy atom. The Hall–Kier alpha value is -1.42. The average molecular weight is 265 g/mol. The molecular weight excluding hydrogens is 256 g/mol. The van der Waals surface area contributed by atoms with Gasteiger partial charge in [0.2, 0.25) is 0 Å². The van der Waals surface area contributed by atoms with E-state index in [9.17, 15) is 4.79 Å². The van der Waals surface area contributed by atoms with E-state index in [1.165, 1.54) is 0 Å². The maximum Gasteiger partial charge on any atom is 0.168 e. The Kier molecular flexibility index (Phi) is 2.68. The molecule has 15 heavy (non-hydrogen) atoms. The summed E-state index contributed by atoms with van der Waals surface area (Å²) < 4.78 is 2.72. The molecular formula is C11H9BrN2O. The van der Waals surface area contributed by atoms with Crippen LogP contribution >= 0.6 is 15.9 Å². The highest BCUT2D eigenvalue weighted by molar-refractivity contribution is 9.10. The molecule has 4 heteroatoms. The van der Waals surface area contributed by atoms with Crippen LogP contribution in [-0.2, 0) is 7.05 Å². The van der Waals surface area contributed by atoms with E-state index in [-0.39, 0.29) is 0 Å². The van der Waals surface area contributed by atoms with Crippen molar-refractivity contribution in [2.75, 3.05) is 0 Å². The van der Waals surface area contributed by atoms with Gasteiger partial charge in [0.15, 0.2) is 6.29 Å². The lowest BCUT2D eigenvalue weighted by molar-refractivity contribution is 0.111. The highest BCUT2D eigenvalue weighted by Gasteiger charge is 2.09. The minimum atomic E-state index is 0.595. The van der Waals surface area contributed by atoms with Gasteiger partial charge < -0.3 is 4.57 Å². The van der Waals surface area contributed by atoms with Gasteiger partial charge in [0.25, 0.3) is 0 Å². The molecule has 0 saturated heterocycles. The van der Waals surface area contributed by atoms with Crippen molar-refractivity contribution in [3.8, 4) is 11.3 Å². The first-order valence-electron chi connectivity index (χ1n) is 4.45. The third-order valence-corrected chi connectivity index (χ3v) is 2.74. The smallest absolute Gasteiger partial charge is 0.168 e. The maximum absolute atomic E-state index is 10.9. The number of nitrogens with zero attached hydrogens (tertiary/aromatic N) is 2. The number of rotatable bonds is 2. The average Bonchev–Trinajstić information content (AvgIpc) is 2.61. The van der Waals surface area contributed by atoms with Gasteiger partial charge >= 0.3 is 0 Å². The lowest BCUT2D eigenvalue weighted by Crippen LogP contribution is -1.94. The fourth-order valence-electron chi connectivity index (χ4n) is 1.41. The monoisotopic (exact) mass is 264 g/mol. The molecule has 0 aliphatic heterocycles. The molecule has 76 valence electrons. The van der Waals surface area contributed by atoms with Gasteiger partial charge in [-0.1, -0.05) is 28.1 Å². The zero-order chi connectivity index (χ0) is 10.8. The first kappa shape index (κ1) is 10.1. The van der Waals surface area contributed by atoms with Gasteiger partial charge in [-0.3, -0.25) is 4.79 Å². The van der Waals surface area contributed by atoms with Crippen molar-refractivity contribution < 1.29 is 4.79 Å².